The van der Waals surface area contributed by atoms with Crippen LogP contribution in [0.5, 0.6) is 0 Å². The number of aryl methyl sites for hydroxylation is 1. The zero-order chi connectivity index (χ0) is 14.9. The van der Waals surface area contributed by atoms with E-state index < -0.39 is 15.9 Å². The van der Waals surface area contributed by atoms with Gasteiger partial charge in [-0.2, -0.15) is 0 Å². The van der Waals surface area contributed by atoms with Gasteiger partial charge >= 0.3 is 5.97 Å². The molecule has 1 aromatic rings. The first kappa shape index (κ1) is 15.0. The molecule has 20 heavy (non-hydrogen) atoms. The Morgan fingerprint density at radius 1 is 1.55 bits per heavy atom. The van der Waals surface area contributed by atoms with E-state index in [1.165, 1.54) is 11.4 Å². The Kier molecular flexibility index (Phi) is 4.14. The summed E-state index contributed by atoms with van der Waals surface area (Å²) in [5.74, 6) is -0.486. The highest BCUT2D eigenvalue weighted by molar-refractivity contribution is 7.88. The highest BCUT2D eigenvalue weighted by atomic mass is 32.2. The molecule has 0 N–H and O–H groups in total. The predicted octanol–water partition coefficient (Wildman–Crippen LogP) is 0.554. The second-order valence-electron chi connectivity index (χ2n) is 5.11. The minimum Gasteiger partial charge on any atom is -0.469 e. The topological polar surface area (TPSA) is 89.7 Å². The molecule has 0 aromatic carbocycles. The summed E-state index contributed by atoms with van der Waals surface area (Å²) >= 11 is 0. The standard InChI is InChI=1S/C12H18N2O5S/c1-8-5-14(6-11(8)12(15)18-3)20(16,17)7-10-4-9(2)19-13-10/h4,8,11H,5-7H2,1-3H3. The van der Waals surface area contributed by atoms with Crippen LogP contribution in [0.2, 0.25) is 0 Å². The Balaban J connectivity index is 2.09. The summed E-state index contributed by atoms with van der Waals surface area (Å²) in [5.41, 5.74) is 0.372. The van der Waals surface area contributed by atoms with Crippen LogP contribution in [0.3, 0.4) is 0 Å². The largest absolute Gasteiger partial charge is 0.469 e. The van der Waals surface area contributed by atoms with Crippen molar-refractivity contribution < 1.29 is 22.5 Å². The molecule has 1 fully saturated rings. The lowest BCUT2D eigenvalue weighted by atomic mass is 9.99. The van der Waals surface area contributed by atoms with Gasteiger partial charge in [-0.05, 0) is 12.8 Å². The molecule has 112 valence electrons. The van der Waals surface area contributed by atoms with Gasteiger partial charge in [-0.3, -0.25) is 4.79 Å². The quantitative estimate of drug-likeness (QED) is 0.755. The Hall–Kier alpha value is -1.41. The van der Waals surface area contributed by atoms with Crippen LogP contribution >= 0.6 is 0 Å². The molecule has 1 aliphatic heterocycles. The van der Waals surface area contributed by atoms with Crippen LogP contribution in [0.15, 0.2) is 10.6 Å². The van der Waals surface area contributed by atoms with E-state index in [4.69, 9.17) is 9.26 Å². The molecule has 1 aliphatic rings. The molecular formula is C12H18N2O5S. The number of esters is 1. The second-order valence-corrected chi connectivity index (χ2v) is 7.08. The van der Waals surface area contributed by atoms with Crippen molar-refractivity contribution in [2.24, 2.45) is 11.8 Å². The normalized spacial score (nSPS) is 23.9. The molecule has 2 heterocycles. The van der Waals surface area contributed by atoms with Crippen molar-refractivity contribution in [1.82, 2.24) is 9.46 Å². The van der Waals surface area contributed by atoms with Gasteiger partial charge in [-0.1, -0.05) is 12.1 Å². The van der Waals surface area contributed by atoms with Gasteiger partial charge < -0.3 is 9.26 Å². The molecule has 1 aromatic heterocycles. The van der Waals surface area contributed by atoms with Crippen LogP contribution in [-0.4, -0.2) is 44.0 Å². The van der Waals surface area contributed by atoms with E-state index >= 15 is 0 Å². The summed E-state index contributed by atoms with van der Waals surface area (Å²) < 4.78 is 35.5. The van der Waals surface area contributed by atoms with Gasteiger partial charge in [0, 0.05) is 19.2 Å². The van der Waals surface area contributed by atoms with E-state index in [1.54, 1.807) is 13.0 Å². The van der Waals surface area contributed by atoms with E-state index in [-0.39, 0.29) is 24.2 Å². The number of methoxy groups -OCH3 is 1. The first-order valence-corrected chi connectivity index (χ1v) is 7.92. The summed E-state index contributed by atoms with van der Waals surface area (Å²) in [7, 11) is -2.19. The highest BCUT2D eigenvalue weighted by Gasteiger charge is 2.40. The number of hydrogen-bond acceptors (Lipinski definition) is 6. The van der Waals surface area contributed by atoms with Crippen LogP contribution in [0, 0.1) is 18.8 Å². The van der Waals surface area contributed by atoms with Crippen molar-refractivity contribution in [3.8, 4) is 0 Å². The first-order chi connectivity index (χ1) is 9.33. The van der Waals surface area contributed by atoms with Crippen LogP contribution in [0.25, 0.3) is 0 Å². The fourth-order valence-corrected chi connectivity index (χ4v) is 3.91. The fourth-order valence-electron chi connectivity index (χ4n) is 2.37. The minimum absolute atomic E-state index is 0.0590. The molecule has 0 spiro atoms. The molecule has 2 rings (SSSR count). The average molecular weight is 302 g/mol. The Morgan fingerprint density at radius 3 is 2.80 bits per heavy atom. The van der Waals surface area contributed by atoms with Crippen LogP contribution < -0.4 is 0 Å². The maximum atomic E-state index is 12.3. The van der Waals surface area contributed by atoms with Gasteiger partial charge in [-0.15, -0.1) is 0 Å². The Bertz CT molecular complexity index is 595. The molecule has 0 bridgehead atoms. The molecule has 7 nitrogen and oxygen atoms in total. The predicted molar refractivity (Wildman–Crippen MR) is 70.1 cm³/mol. The number of carbonyl (C=O) groups is 1. The lowest BCUT2D eigenvalue weighted by Gasteiger charge is -2.14. The zero-order valence-electron chi connectivity index (χ0n) is 11.7. The fraction of sp³-hybridized carbons (Fsp3) is 0.667. The number of ether oxygens (including phenoxy) is 1. The molecule has 1 saturated heterocycles. The molecular weight excluding hydrogens is 284 g/mol. The van der Waals surface area contributed by atoms with E-state index in [0.29, 0.717) is 18.0 Å². The van der Waals surface area contributed by atoms with E-state index in [0.717, 1.165) is 0 Å². The smallest absolute Gasteiger partial charge is 0.310 e. The second kappa shape index (κ2) is 5.53. The third-order valence-electron chi connectivity index (χ3n) is 3.48. The SMILES string of the molecule is COC(=O)C1CN(S(=O)(=O)Cc2cc(C)on2)CC1C. The summed E-state index contributed by atoms with van der Waals surface area (Å²) in [6.45, 7) is 4.03. The number of nitrogens with zero attached hydrogens (tertiary/aromatic N) is 2. The number of carbonyl (C=O) groups excluding carboxylic acids is 1. The van der Waals surface area contributed by atoms with Crippen LogP contribution in [0.1, 0.15) is 18.4 Å². The van der Waals surface area contributed by atoms with Crippen LogP contribution in [0.4, 0.5) is 0 Å². The molecule has 0 aliphatic carbocycles. The molecule has 0 radical (unpaired) electrons. The van der Waals surface area contributed by atoms with E-state index in [9.17, 15) is 13.2 Å². The lowest BCUT2D eigenvalue weighted by Crippen LogP contribution is -2.31. The third kappa shape index (κ3) is 3.01. The van der Waals surface area contributed by atoms with Gasteiger partial charge in [0.15, 0.2) is 0 Å². The summed E-state index contributed by atoms with van der Waals surface area (Å²) in [4.78, 5) is 11.6. The van der Waals surface area contributed by atoms with Crippen molar-refractivity contribution in [2.45, 2.75) is 19.6 Å². The Labute approximate surface area is 117 Å². The summed E-state index contributed by atoms with van der Waals surface area (Å²) in [6, 6.07) is 1.59. The third-order valence-corrected chi connectivity index (χ3v) is 5.23. The molecule has 0 amide bonds. The number of aromatic nitrogens is 1. The molecule has 0 saturated carbocycles. The van der Waals surface area contributed by atoms with Crippen molar-refractivity contribution in [3.05, 3.63) is 17.5 Å². The van der Waals surface area contributed by atoms with Gasteiger partial charge in [0.2, 0.25) is 10.0 Å². The summed E-state index contributed by atoms with van der Waals surface area (Å²) in [6.07, 6.45) is 0. The van der Waals surface area contributed by atoms with Gasteiger partial charge in [-0.25, -0.2) is 12.7 Å². The van der Waals surface area contributed by atoms with Gasteiger partial charge in [0.1, 0.15) is 17.2 Å². The van der Waals surface area contributed by atoms with Gasteiger partial charge in [0.25, 0.3) is 0 Å². The van der Waals surface area contributed by atoms with Crippen molar-refractivity contribution in [2.75, 3.05) is 20.2 Å². The molecule has 8 heteroatoms. The average Bonchev–Trinajstić information content (AvgIpc) is 2.94. The van der Waals surface area contributed by atoms with Crippen molar-refractivity contribution in [3.63, 3.8) is 0 Å². The molecule has 2 atom stereocenters. The highest BCUT2D eigenvalue weighted by Crippen LogP contribution is 2.27. The minimum atomic E-state index is -3.50. The number of sulfonamides is 1. The zero-order valence-corrected chi connectivity index (χ0v) is 12.5. The lowest BCUT2D eigenvalue weighted by molar-refractivity contribution is -0.145. The Morgan fingerprint density at radius 2 is 2.25 bits per heavy atom. The maximum absolute atomic E-state index is 12.3. The van der Waals surface area contributed by atoms with Gasteiger partial charge in [0.05, 0.1) is 13.0 Å². The molecule has 2 unspecified atom stereocenters. The number of rotatable bonds is 4. The summed E-state index contributed by atoms with van der Waals surface area (Å²) in [5, 5.41) is 3.69. The van der Waals surface area contributed by atoms with E-state index in [2.05, 4.69) is 5.16 Å². The first-order valence-electron chi connectivity index (χ1n) is 6.31. The van der Waals surface area contributed by atoms with Crippen LogP contribution in [-0.2, 0) is 25.3 Å². The van der Waals surface area contributed by atoms with Crippen molar-refractivity contribution >= 4 is 16.0 Å². The number of hydrogen-bond donors (Lipinski definition) is 0. The monoisotopic (exact) mass is 302 g/mol. The van der Waals surface area contributed by atoms with E-state index in [1.807, 2.05) is 6.92 Å². The maximum Gasteiger partial charge on any atom is 0.310 e. The van der Waals surface area contributed by atoms with Crippen molar-refractivity contribution in [1.29, 1.82) is 0 Å².